The standard InChI is InChI=1S/C22H42N4O3/c1-5-18(6-2)20(25-13-15-28-16-14-25)17-24-22(23-7-3)26-11-9-19(10-12-26)21(27)29-8-4/h18-20H,5-17H2,1-4H3,(H,23,24). The van der Waals surface area contributed by atoms with Gasteiger partial charge in [-0.15, -0.1) is 0 Å². The highest BCUT2D eigenvalue weighted by Gasteiger charge is 2.29. The Hall–Kier alpha value is -1.34. The number of hydrogen-bond donors (Lipinski definition) is 1. The molecule has 1 N–H and O–H groups in total. The zero-order valence-corrected chi connectivity index (χ0v) is 19.0. The number of likely N-dealkylation sites (tertiary alicyclic amines) is 1. The van der Waals surface area contributed by atoms with Crippen molar-refractivity contribution >= 4 is 11.9 Å². The lowest BCUT2D eigenvalue weighted by molar-refractivity contribution is -0.149. The second kappa shape index (κ2) is 13.1. The maximum Gasteiger partial charge on any atom is 0.309 e. The van der Waals surface area contributed by atoms with Crippen LogP contribution in [-0.2, 0) is 14.3 Å². The first kappa shape index (κ1) is 23.9. The van der Waals surface area contributed by atoms with Crippen molar-refractivity contribution in [2.24, 2.45) is 16.8 Å². The van der Waals surface area contributed by atoms with E-state index in [1.54, 1.807) is 0 Å². The molecule has 2 aliphatic rings. The minimum atomic E-state index is -0.0461. The maximum absolute atomic E-state index is 12.0. The summed E-state index contributed by atoms with van der Waals surface area (Å²) in [4.78, 5) is 22.0. The highest BCUT2D eigenvalue weighted by atomic mass is 16.5. The number of hydrogen-bond acceptors (Lipinski definition) is 5. The highest BCUT2D eigenvalue weighted by Crippen LogP contribution is 2.22. The van der Waals surface area contributed by atoms with Crippen molar-refractivity contribution in [2.45, 2.75) is 59.4 Å². The quantitative estimate of drug-likeness (QED) is 0.358. The van der Waals surface area contributed by atoms with Crippen LogP contribution in [-0.4, -0.2) is 86.9 Å². The van der Waals surface area contributed by atoms with Crippen molar-refractivity contribution in [3.8, 4) is 0 Å². The summed E-state index contributed by atoms with van der Waals surface area (Å²) in [5.41, 5.74) is 0. The molecule has 0 bridgehead atoms. The summed E-state index contributed by atoms with van der Waals surface area (Å²) in [6.07, 6.45) is 4.02. The van der Waals surface area contributed by atoms with E-state index in [0.29, 0.717) is 18.6 Å². The number of ether oxygens (including phenoxy) is 2. The molecule has 1 unspecified atom stereocenters. The molecule has 2 fully saturated rings. The van der Waals surface area contributed by atoms with E-state index in [1.165, 1.54) is 12.8 Å². The minimum absolute atomic E-state index is 0.0275. The zero-order chi connectivity index (χ0) is 21.1. The summed E-state index contributed by atoms with van der Waals surface area (Å²) >= 11 is 0. The van der Waals surface area contributed by atoms with Gasteiger partial charge in [-0.2, -0.15) is 0 Å². The number of aliphatic imine (C=N–C) groups is 1. The fourth-order valence-corrected chi connectivity index (χ4v) is 4.50. The molecule has 0 radical (unpaired) electrons. The van der Waals surface area contributed by atoms with Crippen LogP contribution in [0, 0.1) is 11.8 Å². The van der Waals surface area contributed by atoms with Crippen molar-refractivity contribution < 1.29 is 14.3 Å². The molecule has 2 aliphatic heterocycles. The molecule has 0 aromatic carbocycles. The van der Waals surface area contributed by atoms with Gasteiger partial charge in [-0.3, -0.25) is 14.7 Å². The van der Waals surface area contributed by atoms with Crippen molar-refractivity contribution in [3.05, 3.63) is 0 Å². The molecule has 168 valence electrons. The maximum atomic E-state index is 12.0. The summed E-state index contributed by atoms with van der Waals surface area (Å²) < 4.78 is 10.8. The van der Waals surface area contributed by atoms with E-state index >= 15 is 0 Å². The molecule has 2 saturated heterocycles. The summed E-state index contributed by atoms with van der Waals surface area (Å²) in [6.45, 7) is 16.0. The van der Waals surface area contributed by atoms with Gasteiger partial charge < -0.3 is 19.7 Å². The number of morpholine rings is 1. The fourth-order valence-electron chi connectivity index (χ4n) is 4.50. The molecule has 1 atom stereocenters. The van der Waals surface area contributed by atoms with Crippen LogP contribution >= 0.6 is 0 Å². The van der Waals surface area contributed by atoms with E-state index in [9.17, 15) is 4.79 Å². The number of rotatable bonds is 9. The summed E-state index contributed by atoms with van der Waals surface area (Å²) in [7, 11) is 0. The van der Waals surface area contributed by atoms with Gasteiger partial charge in [0.2, 0.25) is 0 Å². The van der Waals surface area contributed by atoms with Gasteiger partial charge in [0.25, 0.3) is 0 Å². The molecule has 0 spiro atoms. The number of nitrogens with zero attached hydrogens (tertiary/aromatic N) is 3. The Morgan fingerprint density at radius 2 is 1.76 bits per heavy atom. The second-order valence-electron chi connectivity index (χ2n) is 8.00. The monoisotopic (exact) mass is 410 g/mol. The molecule has 7 heteroatoms. The van der Waals surface area contributed by atoms with Gasteiger partial charge in [-0.25, -0.2) is 0 Å². The number of carbonyl (C=O) groups excluding carboxylic acids is 1. The summed E-state index contributed by atoms with van der Waals surface area (Å²) in [5.74, 6) is 1.61. The Bertz CT molecular complexity index is 496. The summed E-state index contributed by atoms with van der Waals surface area (Å²) in [6, 6.07) is 0.458. The molecule has 2 rings (SSSR count). The van der Waals surface area contributed by atoms with E-state index < -0.39 is 0 Å². The van der Waals surface area contributed by atoms with E-state index in [4.69, 9.17) is 14.5 Å². The topological polar surface area (TPSA) is 66.4 Å². The first-order valence-electron chi connectivity index (χ1n) is 11.7. The smallest absolute Gasteiger partial charge is 0.309 e. The molecular weight excluding hydrogens is 368 g/mol. The number of esters is 1. The molecule has 0 aliphatic carbocycles. The zero-order valence-electron chi connectivity index (χ0n) is 19.0. The molecule has 0 amide bonds. The van der Waals surface area contributed by atoms with Crippen LogP contribution in [0.15, 0.2) is 4.99 Å². The lowest BCUT2D eigenvalue weighted by atomic mass is 9.92. The van der Waals surface area contributed by atoms with E-state index in [-0.39, 0.29) is 11.9 Å². The first-order valence-corrected chi connectivity index (χ1v) is 11.7. The Morgan fingerprint density at radius 3 is 2.31 bits per heavy atom. The van der Waals surface area contributed by atoms with Gasteiger partial charge in [-0.1, -0.05) is 26.7 Å². The third-order valence-corrected chi connectivity index (χ3v) is 6.29. The van der Waals surface area contributed by atoms with Crippen LogP contribution in [0.5, 0.6) is 0 Å². The molecule has 0 aromatic rings. The van der Waals surface area contributed by atoms with Crippen LogP contribution in [0.25, 0.3) is 0 Å². The summed E-state index contributed by atoms with van der Waals surface area (Å²) in [5, 5.41) is 3.47. The predicted octanol–water partition coefficient (Wildman–Crippen LogP) is 2.36. The highest BCUT2D eigenvalue weighted by molar-refractivity contribution is 5.80. The van der Waals surface area contributed by atoms with Gasteiger partial charge in [0.1, 0.15) is 0 Å². The van der Waals surface area contributed by atoms with Gasteiger partial charge in [0.05, 0.1) is 32.3 Å². The van der Waals surface area contributed by atoms with Crippen molar-refractivity contribution in [1.29, 1.82) is 0 Å². The van der Waals surface area contributed by atoms with Gasteiger partial charge >= 0.3 is 5.97 Å². The largest absolute Gasteiger partial charge is 0.466 e. The third-order valence-electron chi connectivity index (χ3n) is 6.29. The Labute approximate surface area is 177 Å². The molecular formula is C22H42N4O3. The van der Waals surface area contributed by atoms with Crippen LogP contribution in [0.1, 0.15) is 53.4 Å². The van der Waals surface area contributed by atoms with Crippen LogP contribution in [0.2, 0.25) is 0 Å². The predicted molar refractivity (Wildman–Crippen MR) is 117 cm³/mol. The second-order valence-corrected chi connectivity index (χ2v) is 8.00. The van der Waals surface area contributed by atoms with E-state index in [1.807, 2.05) is 6.92 Å². The third kappa shape index (κ3) is 7.14. The van der Waals surface area contributed by atoms with Crippen molar-refractivity contribution in [3.63, 3.8) is 0 Å². The van der Waals surface area contributed by atoms with Gasteiger partial charge in [-0.05, 0) is 32.6 Å². The average molecular weight is 411 g/mol. The lowest BCUT2D eigenvalue weighted by Crippen LogP contribution is -2.50. The van der Waals surface area contributed by atoms with Crippen LogP contribution in [0.4, 0.5) is 0 Å². The van der Waals surface area contributed by atoms with Crippen LogP contribution < -0.4 is 5.32 Å². The van der Waals surface area contributed by atoms with Gasteiger partial charge in [0.15, 0.2) is 5.96 Å². The Kier molecular flexibility index (Phi) is 10.8. The minimum Gasteiger partial charge on any atom is -0.466 e. The number of nitrogens with one attached hydrogen (secondary N) is 1. The molecule has 7 nitrogen and oxygen atoms in total. The Balaban J connectivity index is 2.02. The molecule has 0 saturated carbocycles. The van der Waals surface area contributed by atoms with Crippen molar-refractivity contribution in [1.82, 2.24) is 15.1 Å². The first-order chi connectivity index (χ1) is 14.1. The van der Waals surface area contributed by atoms with Crippen molar-refractivity contribution in [2.75, 3.05) is 59.1 Å². The molecule has 0 aromatic heterocycles. The SMILES string of the molecule is CCNC(=NCC(C(CC)CC)N1CCOCC1)N1CCC(C(=O)OCC)CC1. The molecule has 29 heavy (non-hydrogen) atoms. The van der Waals surface area contributed by atoms with Crippen LogP contribution in [0.3, 0.4) is 0 Å². The van der Waals surface area contributed by atoms with E-state index in [2.05, 4.69) is 35.9 Å². The Morgan fingerprint density at radius 1 is 1.10 bits per heavy atom. The van der Waals surface area contributed by atoms with E-state index in [0.717, 1.165) is 71.3 Å². The number of carbonyl (C=O) groups is 1. The molecule has 2 heterocycles. The average Bonchev–Trinajstić information content (AvgIpc) is 2.76. The normalized spacial score (nSPS) is 20.7. The van der Waals surface area contributed by atoms with Gasteiger partial charge in [0, 0.05) is 38.8 Å². The fraction of sp³-hybridized carbons (Fsp3) is 0.909. The number of piperidine rings is 1. The lowest BCUT2D eigenvalue weighted by Gasteiger charge is -2.38. The number of guanidine groups is 1.